The van der Waals surface area contributed by atoms with E-state index in [4.69, 9.17) is 0 Å². The molecule has 9 rings (SSSR count). The van der Waals surface area contributed by atoms with Gasteiger partial charge in [-0.1, -0.05) is 124 Å². The summed E-state index contributed by atoms with van der Waals surface area (Å²) in [6.07, 6.45) is 0. The number of hydrogen-bond donors (Lipinski definition) is 0. The van der Waals surface area contributed by atoms with Crippen LogP contribution in [0, 0.1) is 6.92 Å². The zero-order valence-corrected chi connectivity index (χ0v) is 37.2. The Morgan fingerprint density at radius 3 is 1.58 bits per heavy atom. The zero-order chi connectivity index (χ0) is 42.7. The third-order valence-electron chi connectivity index (χ3n) is 12.9. The molecule has 9 aromatic rings. The number of imidazole rings is 1. The highest BCUT2D eigenvalue weighted by Crippen LogP contribution is 2.39. The van der Waals surface area contributed by atoms with Crippen LogP contribution in [0.3, 0.4) is 0 Å². The molecule has 3 heterocycles. The van der Waals surface area contributed by atoms with Gasteiger partial charge in [-0.3, -0.25) is 9.59 Å². The molecule has 0 radical (unpaired) electrons. The number of pyridine rings is 2. The molecule has 0 spiro atoms. The van der Waals surface area contributed by atoms with Gasteiger partial charge in [0.2, 0.25) is 0 Å². The average Bonchev–Trinajstić information content (AvgIpc) is 3.49. The second kappa shape index (κ2) is 13.7. The van der Waals surface area contributed by atoms with Crippen LogP contribution in [-0.4, -0.2) is 8.97 Å². The molecule has 6 aromatic carbocycles. The van der Waals surface area contributed by atoms with Gasteiger partial charge in [0.05, 0.1) is 29.2 Å². The van der Waals surface area contributed by atoms with Gasteiger partial charge in [-0.05, 0) is 112 Å². The van der Waals surface area contributed by atoms with Crippen LogP contribution in [0.5, 0.6) is 0 Å². The molecule has 0 bridgehead atoms. The molecule has 5 nitrogen and oxygen atoms in total. The van der Waals surface area contributed by atoms with Crippen molar-refractivity contribution < 1.29 is 4.57 Å². The summed E-state index contributed by atoms with van der Waals surface area (Å²) in [6.45, 7) is 24.4. The van der Waals surface area contributed by atoms with Crippen LogP contribution in [0.25, 0.3) is 77.3 Å². The van der Waals surface area contributed by atoms with Crippen molar-refractivity contribution >= 4 is 49.1 Å². The van der Waals surface area contributed by atoms with Gasteiger partial charge in [0.25, 0.3) is 5.82 Å². The zero-order valence-electron chi connectivity index (χ0n) is 37.2. The Hall–Kier alpha value is -6.07. The topological polar surface area (TPSA) is 47.4 Å². The van der Waals surface area contributed by atoms with Crippen LogP contribution in [0.15, 0.2) is 119 Å². The van der Waals surface area contributed by atoms with Gasteiger partial charge < -0.3 is 4.40 Å². The van der Waals surface area contributed by atoms with Gasteiger partial charge in [0.1, 0.15) is 5.69 Å². The molecule has 5 heteroatoms. The lowest BCUT2D eigenvalue weighted by atomic mass is 9.85. The van der Waals surface area contributed by atoms with E-state index in [-0.39, 0.29) is 21.7 Å². The fourth-order valence-corrected chi connectivity index (χ4v) is 9.51. The molecule has 0 aliphatic rings. The second-order valence-electron chi connectivity index (χ2n) is 19.7. The van der Waals surface area contributed by atoms with E-state index in [0.29, 0.717) is 38.9 Å². The first-order valence-corrected chi connectivity index (χ1v) is 21.5. The van der Waals surface area contributed by atoms with Crippen molar-refractivity contribution in [2.75, 3.05) is 0 Å². The normalized spacial score (nSPS) is 12.8. The van der Waals surface area contributed by atoms with Crippen molar-refractivity contribution in [3.63, 3.8) is 0 Å². The molecule has 0 aliphatic heterocycles. The Balaban J connectivity index is 1.32. The van der Waals surface area contributed by atoms with Crippen LogP contribution in [-0.2, 0) is 17.9 Å². The fraction of sp³-hybridized carbons (Fsp3) is 0.291. The van der Waals surface area contributed by atoms with Crippen LogP contribution in [0.2, 0.25) is 0 Å². The molecule has 0 amide bonds. The summed E-state index contributed by atoms with van der Waals surface area (Å²) in [7, 11) is 2.16. The third-order valence-corrected chi connectivity index (χ3v) is 12.9. The minimum Gasteiger partial charge on any atom is -0.307 e. The highest BCUT2D eigenvalue weighted by Gasteiger charge is 2.31. The molecule has 0 fully saturated rings. The summed E-state index contributed by atoms with van der Waals surface area (Å²) in [5.74, 6) is 1.76. The molecule has 0 unspecified atom stereocenters. The SMILES string of the molecule is Cc1cc(-c2cc3c(=O)c4ccc(C(C)(C)C)cc4n4c5cc(C(C)(C)C)ccc5c(=O)c(c2)c34)ccc1-c1n(-c2c(C(C)C)cccc2C(C)C)c2ccccc2[n+]1C. The van der Waals surface area contributed by atoms with Gasteiger partial charge in [-0.25, -0.2) is 4.57 Å². The molecule has 302 valence electrons. The van der Waals surface area contributed by atoms with Crippen LogP contribution >= 0.6 is 0 Å². The molecular formula is C55H56N3O2+. The Kier molecular flexibility index (Phi) is 9.02. The van der Waals surface area contributed by atoms with Crippen molar-refractivity contribution in [2.45, 2.75) is 98.8 Å². The standard InChI is InChI=1S/C55H56N3O2/c1-31(2)38-16-15-17-39(32(3)4)49(38)58-46-19-14-13-18-45(46)56(12)53(58)40-23-20-34(26-33(40)5)35-27-43-50-44(28-35)52(60)42-25-22-37(55(9,10)11)30-48(42)57(50)47-29-36(54(6,7)8)21-24-41(47)51(43)59/h13-32H,1-12H3/q+1. The van der Waals surface area contributed by atoms with E-state index < -0.39 is 0 Å². The lowest BCUT2D eigenvalue weighted by Crippen LogP contribution is -2.30. The van der Waals surface area contributed by atoms with E-state index in [1.54, 1.807) is 0 Å². The first-order chi connectivity index (χ1) is 28.4. The minimum absolute atomic E-state index is 0.0577. The summed E-state index contributed by atoms with van der Waals surface area (Å²) >= 11 is 0. The lowest BCUT2D eigenvalue weighted by molar-refractivity contribution is -0.633. The van der Waals surface area contributed by atoms with Crippen LogP contribution in [0.4, 0.5) is 0 Å². The number of aromatic nitrogens is 3. The summed E-state index contributed by atoms with van der Waals surface area (Å²) in [4.78, 5) is 29.5. The van der Waals surface area contributed by atoms with E-state index in [2.05, 4.69) is 182 Å². The third kappa shape index (κ3) is 5.99. The van der Waals surface area contributed by atoms with E-state index in [0.717, 1.165) is 61.3 Å². The largest absolute Gasteiger partial charge is 0.307 e. The second-order valence-corrected chi connectivity index (χ2v) is 19.7. The van der Waals surface area contributed by atoms with E-state index in [1.807, 2.05) is 24.3 Å². The van der Waals surface area contributed by atoms with Crippen LogP contribution < -0.4 is 15.4 Å². The summed E-state index contributed by atoms with van der Waals surface area (Å²) in [6, 6.07) is 38.5. The summed E-state index contributed by atoms with van der Waals surface area (Å²) in [5, 5.41) is 2.40. The minimum atomic E-state index is -0.128. The van der Waals surface area contributed by atoms with Crippen molar-refractivity contribution in [3.8, 4) is 28.2 Å². The number of rotatable bonds is 5. The number of fused-ring (bicyclic) bond motifs is 5. The fourth-order valence-electron chi connectivity index (χ4n) is 9.51. The highest BCUT2D eigenvalue weighted by atomic mass is 16.1. The molecule has 3 aromatic heterocycles. The highest BCUT2D eigenvalue weighted by molar-refractivity contribution is 6.09. The smallest absolute Gasteiger partial charge is 0.295 e. The van der Waals surface area contributed by atoms with Crippen molar-refractivity contribution in [2.24, 2.45) is 7.05 Å². The van der Waals surface area contributed by atoms with Crippen molar-refractivity contribution in [1.29, 1.82) is 0 Å². The number of nitrogens with zero attached hydrogens (tertiary/aromatic N) is 3. The van der Waals surface area contributed by atoms with E-state index in [1.165, 1.54) is 16.8 Å². The maximum Gasteiger partial charge on any atom is 0.295 e. The molecule has 0 N–H and O–H groups in total. The van der Waals surface area contributed by atoms with Crippen LogP contribution in [0.1, 0.15) is 109 Å². The maximum absolute atomic E-state index is 14.7. The monoisotopic (exact) mass is 790 g/mol. The Morgan fingerprint density at radius 1 is 0.550 bits per heavy atom. The predicted molar refractivity (Wildman–Crippen MR) is 253 cm³/mol. The van der Waals surface area contributed by atoms with Gasteiger partial charge in [0, 0.05) is 32.7 Å². The summed E-state index contributed by atoms with van der Waals surface area (Å²) in [5.41, 5.74) is 14.5. The molecule has 60 heavy (non-hydrogen) atoms. The van der Waals surface area contributed by atoms with Gasteiger partial charge in [0.15, 0.2) is 21.9 Å². The van der Waals surface area contributed by atoms with Crippen molar-refractivity contribution in [3.05, 3.63) is 157 Å². The lowest BCUT2D eigenvalue weighted by Gasteiger charge is -2.23. The Morgan fingerprint density at radius 2 is 1.08 bits per heavy atom. The maximum atomic E-state index is 14.7. The van der Waals surface area contributed by atoms with Gasteiger partial charge in [-0.2, -0.15) is 4.57 Å². The quantitative estimate of drug-likeness (QED) is 0.0990. The summed E-state index contributed by atoms with van der Waals surface area (Å²) < 4.78 is 6.99. The molecule has 0 atom stereocenters. The number of aryl methyl sites for hydroxylation is 2. The van der Waals surface area contributed by atoms with Crippen molar-refractivity contribution in [1.82, 2.24) is 8.97 Å². The molecule has 0 aliphatic carbocycles. The Labute approximate surface area is 352 Å². The van der Waals surface area contributed by atoms with Gasteiger partial charge in [-0.15, -0.1) is 0 Å². The molecular weight excluding hydrogens is 735 g/mol. The first-order valence-electron chi connectivity index (χ1n) is 21.5. The van der Waals surface area contributed by atoms with E-state index >= 15 is 0 Å². The predicted octanol–water partition coefficient (Wildman–Crippen LogP) is 12.8. The average molecular weight is 791 g/mol. The van der Waals surface area contributed by atoms with Gasteiger partial charge >= 0.3 is 0 Å². The molecule has 0 saturated carbocycles. The number of benzene rings is 6. The Bertz CT molecular complexity index is 3200. The van der Waals surface area contributed by atoms with E-state index in [9.17, 15) is 9.59 Å². The first kappa shape index (κ1) is 39.4. The number of para-hydroxylation sites is 3. The molecule has 0 saturated heterocycles. The number of hydrogen-bond acceptors (Lipinski definition) is 2.